The second-order valence-electron chi connectivity index (χ2n) is 4.42. The standard InChI is InChI=1S/C10H18N2O/c1-7(2)12-9-3-4-11-6-8(9)5-10(12)13/h7-9,11H,3-6H2,1-2H3. The number of hydrogen-bond acceptors (Lipinski definition) is 2. The summed E-state index contributed by atoms with van der Waals surface area (Å²) in [6.45, 7) is 6.32. The molecule has 2 heterocycles. The van der Waals surface area contributed by atoms with Gasteiger partial charge in [0, 0.05) is 31.0 Å². The lowest BCUT2D eigenvalue weighted by Gasteiger charge is -2.34. The van der Waals surface area contributed by atoms with Gasteiger partial charge in [-0.3, -0.25) is 4.79 Å². The fraction of sp³-hybridized carbons (Fsp3) is 0.900. The molecule has 2 rings (SSSR count). The number of piperidine rings is 1. The minimum Gasteiger partial charge on any atom is -0.337 e. The summed E-state index contributed by atoms with van der Waals surface area (Å²) in [5.41, 5.74) is 0. The maximum absolute atomic E-state index is 11.7. The molecule has 0 aromatic heterocycles. The second kappa shape index (κ2) is 3.29. The van der Waals surface area contributed by atoms with Crippen molar-refractivity contribution in [1.29, 1.82) is 0 Å². The van der Waals surface area contributed by atoms with Crippen LogP contribution in [0.25, 0.3) is 0 Å². The number of fused-ring (bicyclic) bond motifs is 1. The topological polar surface area (TPSA) is 32.3 Å². The largest absolute Gasteiger partial charge is 0.337 e. The van der Waals surface area contributed by atoms with Crippen molar-refractivity contribution in [2.24, 2.45) is 5.92 Å². The molecular formula is C10H18N2O. The van der Waals surface area contributed by atoms with Gasteiger partial charge in [-0.05, 0) is 26.8 Å². The van der Waals surface area contributed by atoms with Crippen LogP contribution in [0.2, 0.25) is 0 Å². The van der Waals surface area contributed by atoms with Gasteiger partial charge in [0.2, 0.25) is 5.91 Å². The van der Waals surface area contributed by atoms with Gasteiger partial charge in [-0.1, -0.05) is 0 Å². The number of likely N-dealkylation sites (tertiary alicyclic amines) is 1. The molecule has 3 heteroatoms. The second-order valence-corrected chi connectivity index (χ2v) is 4.42. The summed E-state index contributed by atoms with van der Waals surface area (Å²) >= 11 is 0. The third kappa shape index (κ3) is 1.46. The first-order valence-electron chi connectivity index (χ1n) is 5.22. The lowest BCUT2D eigenvalue weighted by Crippen LogP contribution is -2.46. The Bertz CT molecular complexity index is 215. The predicted molar refractivity (Wildman–Crippen MR) is 51.4 cm³/mol. The maximum Gasteiger partial charge on any atom is 0.223 e. The van der Waals surface area contributed by atoms with Crippen molar-refractivity contribution < 1.29 is 4.79 Å². The minimum atomic E-state index is 0.355. The number of carbonyl (C=O) groups excluding carboxylic acids is 1. The van der Waals surface area contributed by atoms with Crippen LogP contribution in [-0.4, -0.2) is 36.0 Å². The van der Waals surface area contributed by atoms with Crippen LogP contribution in [0.1, 0.15) is 26.7 Å². The Hall–Kier alpha value is -0.570. The number of hydrogen-bond donors (Lipinski definition) is 1. The van der Waals surface area contributed by atoms with E-state index in [1.807, 2.05) is 0 Å². The highest BCUT2D eigenvalue weighted by Crippen LogP contribution is 2.30. The van der Waals surface area contributed by atoms with E-state index >= 15 is 0 Å². The summed E-state index contributed by atoms with van der Waals surface area (Å²) in [4.78, 5) is 13.8. The first-order chi connectivity index (χ1) is 6.20. The minimum absolute atomic E-state index is 0.355. The van der Waals surface area contributed by atoms with Crippen molar-refractivity contribution in [2.75, 3.05) is 13.1 Å². The number of rotatable bonds is 1. The third-order valence-corrected chi connectivity index (χ3v) is 3.21. The summed E-state index contributed by atoms with van der Waals surface area (Å²) < 4.78 is 0. The summed E-state index contributed by atoms with van der Waals surface area (Å²) in [5.74, 6) is 0.928. The van der Waals surface area contributed by atoms with Crippen LogP contribution in [0.5, 0.6) is 0 Å². The molecule has 2 unspecified atom stereocenters. The summed E-state index contributed by atoms with van der Waals surface area (Å²) in [7, 11) is 0. The Labute approximate surface area is 79.5 Å². The van der Waals surface area contributed by atoms with Crippen LogP contribution in [0, 0.1) is 5.92 Å². The van der Waals surface area contributed by atoms with Gasteiger partial charge in [-0.15, -0.1) is 0 Å². The number of carbonyl (C=O) groups is 1. The van der Waals surface area contributed by atoms with Crippen molar-refractivity contribution in [3.8, 4) is 0 Å². The number of nitrogens with one attached hydrogen (secondary N) is 1. The van der Waals surface area contributed by atoms with E-state index in [0.717, 1.165) is 25.9 Å². The van der Waals surface area contributed by atoms with Crippen molar-refractivity contribution in [2.45, 2.75) is 38.8 Å². The molecule has 1 amide bonds. The van der Waals surface area contributed by atoms with E-state index in [1.54, 1.807) is 0 Å². The van der Waals surface area contributed by atoms with E-state index in [9.17, 15) is 4.79 Å². The molecule has 0 aromatic rings. The van der Waals surface area contributed by atoms with Crippen LogP contribution in [-0.2, 0) is 4.79 Å². The summed E-state index contributed by atoms with van der Waals surface area (Å²) in [6, 6.07) is 0.898. The van der Waals surface area contributed by atoms with E-state index in [1.165, 1.54) is 0 Å². The average Bonchev–Trinajstić information content (AvgIpc) is 2.39. The first kappa shape index (κ1) is 9.00. The van der Waals surface area contributed by atoms with Gasteiger partial charge in [0.15, 0.2) is 0 Å². The molecule has 0 saturated carbocycles. The molecule has 2 saturated heterocycles. The van der Waals surface area contributed by atoms with Crippen molar-refractivity contribution in [1.82, 2.24) is 10.2 Å². The van der Waals surface area contributed by atoms with E-state index in [-0.39, 0.29) is 0 Å². The summed E-state index contributed by atoms with van der Waals surface area (Å²) in [5, 5.41) is 3.36. The van der Waals surface area contributed by atoms with Gasteiger partial charge < -0.3 is 10.2 Å². The lowest BCUT2D eigenvalue weighted by molar-refractivity contribution is -0.130. The van der Waals surface area contributed by atoms with Crippen molar-refractivity contribution in [3.05, 3.63) is 0 Å². The zero-order chi connectivity index (χ0) is 9.42. The fourth-order valence-corrected chi connectivity index (χ4v) is 2.67. The van der Waals surface area contributed by atoms with Gasteiger partial charge >= 0.3 is 0 Å². The predicted octanol–water partition coefficient (Wildman–Crippen LogP) is 0.605. The molecule has 0 aromatic carbocycles. The quantitative estimate of drug-likeness (QED) is 0.644. The summed E-state index contributed by atoms with van der Waals surface area (Å²) in [6.07, 6.45) is 1.89. The van der Waals surface area contributed by atoms with Gasteiger partial charge in [0.25, 0.3) is 0 Å². The number of nitrogens with zero attached hydrogens (tertiary/aromatic N) is 1. The Balaban J connectivity index is 2.13. The highest BCUT2D eigenvalue weighted by atomic mass is 16.2. The van der Waals surface area contributed by atoms with Crippen LogP contribution in [0.4, 0.5) is 0 Å². The van der Waals surface area contributed by atoms with Gasteiger partial charge in [0.05, 0.1) is 0 Å². The van der Waals surface area contributed by atoms with E-state index in [4.69, 9.17) is 0 Å². The Morgan fingerprint density at radius 2 is 2.31 bits per heavy atom. The SMILES string of the molecule is CC(C)N1C(=O)CC2CNCCC21. The fourth-order valence-electron chi connectivity index (χ4n) is 2.67. The smallest absolute Gasteiger partial charge is 0.223 e. The zero-order valence-corrected chi connectivity index (χ0v) is 8.42. The molecule has 1 N–H and O–H groups in total. The Kier molecular flexibility index (Phi) is 2.28. The van der Waals surface area contributed by atoms with Crippen molar-refractivity contribution >= 4 is 5.91 Å². The molecule has 2 atom stereocenters. The molecule has 0 radical (unpaired) electrons. The van der Waals surface area contributed by atoms with E-state index in [0.29, 0.717) is 23.9 Å². The average molecular weight is 182 g/mol. The molecule has 2 aliphatic rings. The van der Waals surface area contributed by atoms with Crippen LogP contribution < -0.4 is 5.32 Å². The molecule has 0 spiro atoms. The van der Waals surface area contributed by atoms with E-state index in [2.05, 4.69) is 24.1 Å². The van der Waals surface area contributed by atoms with Gasteiger partial charge in [-0.2, -0.15) is 0 Å². The monoisotopic (exact) mass is 182 g/mol. The van der Waals surface area contributed by atoms with Gasteiger partial charge in [-0.25, -0.2) is 0 Å². The first-order valence-corrected chi connectivity index (χ1v) is 5.22. The third-order valence-electron chi connectivity index (χ3n) is 3.21. The van der Waals surface area contributed by atoms with Crippen LogP contribution >= 0.6 is 0 Å². The normalized spacial score (nSPS) is 34.1. The van der Waals surface area contributed by atoms with Crippen molar-refractivity contribution in [3.63, 3.8) is 0 Å². The van der Waals surface area contributed by atoms with Crippen LogP contribution in [0.3, 0.4) is 0 Å². The molecule has 2 aliphatic heterocycles. The Morgan fingerprint density at radius 3 is 3.00 bits per heavy atom. The highest BCUT2D eigenvalue weighted by Gasteiger charge is 2.41. The van der Waals surface area contributed by atoms with Gasteiger partial charge in [0.1, 0.15) is 0 Å². The number of amides is 1. The van der Waals surface area contributed by atoms with Crippen LogP contribution in [0.15, 0.2) is 0 Å². The molecule has 74 valence electrons. The molecule has 3 nitrogen and oxygen atoms in total. The molecular weight excluding hydrogens is 164 g/mol. The molecule has 0 aliphatic carbocycles. The zero-order valence-electron chi connectivity index (χ0n) is 8.42. The van der Waals surface area contributed by atoms with E-state index < -0.39 is 0 Å². The Morgan fingerprint density at radius 1 is 1.54 bits per heavy atom. The highest BCUT2D eigenvalue weighted by molar-refractivity contribution is 5.79. The lowest BCUT2D eigenvalue weighted by atomic mass is 9.94. The molecule has 2 fully saturated rings. The molecule has 13 heavy (non-hydrogen) atoms. The molecule has 0 bridgehead atoms. The maximum atomic E-state index is 11.7.